The number of carboxylic acids is 3. The monoisotopic (exact) mass is 676 g/mol. The van der Waals surface area contributed by atoms with Crippen molar-refractivity contribution < 1.29 is 74.0 Å². The Labute approximate surface area is 247 Å². The number of likely N-dealkylation sites (tertiary alicyclic amines) is 2. The fraction of sp³-hybridized carbons (Fsp3) is 0.696. The predicted octanol–water partition coefficient (Wildman–Crippen LogP) is 3.38. The molecule has 21 heteroatoms. The molecule has 1 aromatic heterocycles. The van der Waals surface area contributed by atoms with E-state index in [-0.39, 0.29) is 11.9 Å². The highest BCUT2D eigenvalue weighted by atomic mass is 32.1. The number of alkyl halides is 9. The highest BCUT2D eigenvalue weighted by Crippen LogP contribution is 2.35. The molecule has 2 saturated heterocycles. The standard InChI is InChI=1S/C17H26N4OS.3C2HF3O2/c1-11-19-14(10-23-11)8-21-7-13-5-15(20(2)16(13)9-21)17(22)18-6-12-3-4-12;3*3-2(4,5)1(6)7/h10,12-13,15-16H,3-9H2,1-2H3,(H,18,22);3*(H,6,7)/t13-,15-,16+;;;/m1.../s1. The number of aliphatic carboxylic acids is 3. The molecule has 0 spiro atoms. The van der Waals surface area contributed by atoms with Crippen molar-refractivity contribution in [1.82, 2.24) is 20.1 Å². The predicted molar refractivity (Wildman–Crippen MR) is 132 cm³/mol. The summed E-state index contributed by atoms with van der Waals surface area (Å²) < 4.78 is 95.2. The third-order valence-electron chi connectivity index (χ3n) is 6.37. The first kappa shape index (κ1) is 38.8. The molecule has 3 heterocycles. The molecule has 1 aliphatic carbocycles. The van der Waals surface area contributed by atoms with E-state index in [2.05, 4.69) is 39.5 Å². The third-order valence-corrected chi connectivity index (χ3v) is 7.19. The maximum atomic E-state index is 12.4. The first-order chi connectivity index (χ1) is 19.9. The number of amides is 1. The van der Waals surface area contributed by atoms with Gasteiger partial charge in [0.15, 0.2) is 0 Å². The number of carbonyl (C=O) groups is 4. The number of carbonyl (C=O) groups excluding carboxylic acids is 1. The maximum absolute atomic E-state index is 12.4. The molecule has 0 bridgehead atoms. The van der Waals surface area contributed by atoms with Gasteiger partial charge >= 0.3 is 36.4 Å². The number of halogens is 9. The Balaban J connectivity index is 0.000000379. The van der Waals surface area contributed by atoms with Gasteiger partial charge in [0.05, 0.1) is 16.7 Å². The molecule has 1 amide bonds. The molecule has 11 nitrogen and oxygen atoms in total. The van der Waals surface area contributed by atoms with Crippen LogP contribution in [0.5, 0.6) is 0 Å². The van der Waals surface area contributed by atoms with Crippen molar-refractivity contribution in [3.63, 3.8) is 0 Å². The van der Waals surface area contributed by atoms with Crippen LogP contribution >= 0.6 is 11.3 Å². The van der Waals surface area contributed by atoms with Crippen LogP contribution in [0.15, 0.2) is 5.38 Å². The summed E-state index contributed by atoms with van der Waals surface area (Å²) in [6, 6.07) is 0.596. The fourth-order valence-corrected chi connectivity index (χ4v) is 4.74. The number of likely N-dealkylation sites (N-methyl/N-ethyl adjacent to an activating group) is 1. The highest BCUT2D eigenvalue weighted by Gasteiger charge is 2.47. The van der Waals surface area contributed by atoms with Crippen molar-refractivity contribution in [2.75, 3.05) is 26.7 Å². The largest absolute Gasteiger partial charge is 0.490 e. The lowest BCUT2D eigenvalue weighted by molar-refractivity contribution is -0.193. The van der Waals surface area contributed by atoms with Gasteiger partial charge in [0, 0.05) is 37.6 Å². The van der Waals surface area contributed by atoms with E-state index in [4.69, 9.17) is 29.7 Å². The maximum Gasteiger partial charge on any atom is 0.490 e. The Kier molecular flexibility index (Phi) is 13.8. The van der Waals surface area contributed by atoms with Crippen LogP contribution in [0.2, 0.25) is 0 Å². The number of carboxylic acid groups (broad SMARTS) is 3. The normalized spacial score (nSPS) is 21.8. The first-order valence-electron chi connectivity index (χ1n) is 12.5. The van der Waals surface area contributed by atoms with Crippen LogP contribution in [0, 0.1) is 18.8 Å². The molecular weight excluding hydrogens is 647 g/mol. The minimum atomic E-state index is -5.08. The second-order valence-corrected chi connectivity index (χ2v) is 11.0. The van der Waals surface area contributed by atoms with Crippen molar-refractivity contribution in [3.8, 4) is 0 Å². The van der Waals surface area contributed by atoms with Gasteiger partial charge in [-0.2, -0.15) is 39.5 Å². The topological polar surface area (TPSA) is 160 Å². The van der Waals surface area contributed by atoms with Gasteiger partial charge in [-0.25, -0.2) is 19.4 Å². The smallest absolute Gasteiger partial charge is 0.475 e. The molecule has 0 aromatic carbocycles. The van der Waals surface area contributed by atoms with E-state index in [1.54, 1.807) is 11.3 Å². The molecule has 3 aliphatic rings. The van der Waals surface area contributed by atoms with Crippen molar-refractivity contribution in [2.45, 2.75) is 63.3 Å². The van der Waals surface area contributed by atoms with Crippen LogP contribution in [0.3, 0.4) is 0 Å². The number of nitrogens with one attached hydrogen (secondary N) is 1. The zero-order chi connectivity index (χ0) is 34.2. The van der Waals surface area contributed by atoms with E-state index in [9.17, 15) is 44.3 Å². The minimum absolute atomic E-state index is 0.0763. The Hall–Kier alpha value is -3.20. The van der Waals surface area contributed by atoms with Gasteiger partial charge in [0.2, 0.25) is 5.91 Å². The lowest BCUT2D eigenvalue weighted by Gasteiger charge is -2.25. The van der Waals surface area contributed by atoms with Gasteiger partial charge in [0.1, 0.15) is 0 Å². The fourth-order valence-electron chi connectivity index (χ4n) is 4.13. The molecule has 3 fully saturated rings. The van der Waals surface area contributed by atoms with Crippen molar-refractivity contribution in [2.24, 2.45) is 11.8 Å². The van der Waals surface area contributed by atoms with Crippen molar-refractivity contribution in [3.05, 3.63) is 16.1 Å². The zero-order valence-electron chi connectivity index (χ0n) is 23.0. The van der Waals surface area contributed by atoms with Crippen molar-refractivity contribution in [1.29, 1.82) is 0 Å². The van der Waals surface area contributed by atoms with Crippen LogP contribution in [0.4, 0.5) is 39.5 Å². The molecule has 44 heavy (non-hydrogen) atoms. The van der Waals surface area contributed by atoms with E-state index in [0.717, 1.165) is 43.5 Å². The summed E-state index contributed by atoms with van der Waals surface area (Å²) in [7, 11) is 2.13. The molecule has 4 N–H and O–H groups in total. The summed E-state index contributed by atoms with van der Waals surface area (Å²) in [5.41, 5.74) is 1.19. The molecule has 3 atom stereocenters. The Bertz CT molecular complexity index is 1080. The number of aromatic nitrogens is 1. The van der Waals surface area contributed by atoms with E-state index < -0.39 is 36.4 Å². The summed E-state index contributed by atoms with van der Waals surface area (Å²) in [6.07, 6.45) is -11.7. The van der Waals surface area contributed by atoms with Gasteiger partial charge in [-0.15, -0.1) is 11.3 Å². The number of hydrogen-bond acceptors (Lipinski definition) is 8. The number of thiazole rings is 1. The van der Waals surface area contributed by atoms with E-state index in [1.165, 1.54) is 18.5 Å². The number of fused-ring (bicyclic) bond motifs is 1. The van der Waals surface area contributed by atoms with Crippen LogP contribution in [0.1, 0.15) is 30.0 Å². The Morgan fingerprint density at radius 3 is 1.70 bits per heavy atom. The zero-order valence-corrected chi connectivity index (χ0v) is 23.8. The summed E-state index contributed by atoms with van der Waals surface area (Å²) in [4.78, 5) is 48.5. The van der Waals surface area contributed by atoms with Crippen molar-refractivity contribution >= 4 is 35.2 Å². The molecule has 4 rings (SSSR count). The molecule has 1 aromatic rings. The minimum Gasteiger partial charge on any atom is -0.475 e. The average molecular weight is 677 g/mol. The van der Waals surface area contributed by atoms with Gasteiger partial charge in [-0.3, -0.25) is 14.6 Å². The van der Waals surface area contributed by atoms with Crippen LogP contribution < -0.4 is 5.32 Å². The van der Waals surface area contributed by atoms with Crippen LogP contribution in [-0.2, 0) is 25.7 Å². The number of nitrogens with zero attached hydrogens (tertiary/aromatic N) is 3. The van der Waals surface area contributed by atoms with Gasteiger partial charge in [-0.1, -0.05) is 0 Å². The first-order valence-corrected chi connectivity index (χ1v) is 13.3. The highest BCUT2D eigenvalue weighted by molar-refractivity contribution is 7.09. The summed E-state index contributed by atoms with van der Waals surface area (Å²) in [6.45, 7) is 6.05. The van der Waals surface area contributed by atoms with Crippen LogP contribution in [-0.4, -0.2) is 111 Å². The van der Waals surface area contributed by atoms with Gasteiger partial charge < -0.3 is 20.6 Å². The third kappa shape index (κ3) is 13.6. The number of hydrogen-bond donors (Lipinski definition) is 4. The molecule has 252 valence electrons. The molecule has 0 radical (unpaired) electrons. The Morgan fingerprint density at radius 2 is 1.36 bits per heavy atom. The SMILES string of the molecule is Cc1nc(CN2C[C@H]3C[C@H](C(=O)NCC4CC4)N(C)[C@H]3C2)cs1.O=C(O)C(F)(F)F.O=C(O)C(F)(F)F.O=C(O)C(F)(F)F. The Morgan fingerprint density at radius 1 is 0.909 bits per heavy atom. The van der Waals surface area contributed by atoms with E-state index >= 15 is 0 Å². The van der Waals surface area contributed by atoms with E-state index in [0.29, 0.717) is 12.0 Å². The summed E-state index contributed by atoms with van der Waals surface area (Å²) in [5, 5.41) is 27.8. The lowest BCUT2D eigenvalue weighted by Crippen LogP contribution is -2.46. The molecule has 1 saturated carbocycles. The second-order valence-electron chi connectivity index (χ2n) is 9.89. The number of rotatable bonds is 5. The summed E-state index contributed by atoms with van der Waals surface area (Å²) >= 11 is 1.73. The second kappa shape index (κ2) is 15.7. The molecule has 2 aliphatic heterocycles. The van der Waals surface area contributed by atoms with Crippen LogP contribution in [0.25, 0.3) is 0 Å². The average Bonchev–Trinajstić information content (AvgIpc) is 3.36. The van der Waals surface area contributed by atoms with Gasteiger partial charge in [-0.05, 0) is 45.1 Å². The lowest BCUT2D eigenvalue weighted by atomic mass is 10.0. The van der Waals surface area contributed by atoms with E-state index in [1.807, 2.05) is 0 Å². The molecular formula is C23H29F9N4O7S. The quantitative estimate of drug-likeness (QED) is 0.341. The molecule has 0 unspecified atom stereocenters. The van der Waals surface area contributed by atoms with Gasteiger partial charge in [0.25, 0.3) is 0 Å². The number of aryl methyl sites for hydroxylation is 1. The summed E-state index contributed by atoms with van der Waals surface area (Å²) in [5.74, 6) is -6.65.